The summed E-state index contributed by atoms with van der Waals surface area (Å²) in [5, 5.41) is 9.05. The van der Waals surface area contributed by atoms with Gasteiger partial charge in [0.2, 0.25) is 5.91 Å². The number of carbonyl (C=O) groups is 2. The van der Waals surface area contributed by atoms with Crippen LogP contribution >= 0.6 is 11.6 Å². The van der Waals surface area contributed by atoms with Crippen LogP contribution < -0.4 is 0 Å². The van der Waals surface area contributed by atoms with Crippen molar-refractivity contribution in [3.8, 4) is 0 Å². The predicted molar refractivity (Wildman–Crippen MR) is 56.8 cm³/mol. The topological polar surface area (TPSA) is 57.6 Å². The zero-order valence-electron chi connectivity index (χ0n) is 8.94. The van der Waals surface area contributed by atoms with E-state index in [1.54, 1.807) is 13.8 Å². The molecule has 0 aliphatic carbocycles. The Bertz CT molecular complexity index is 267. The molecule has 1 aliphatic rings. The zero-order valence-corrected chi connectivity index (χ0v) is 9.70. The van der Waals surface area contributed by atoms with Gasteiger partial charge in [0.1, 0.15) is 6.04 Å². The molecule has 0 spiro atoms. The van der Waals surface area contributed by atoms with Gasteiger partial charge >= 0.3 is 5.97 Å². The van der Waals surface area contributed by atoms with Crippen molar-refractivity contribution in [2.45, 2.75) is 26.3 Å². The number of alkyl halides is 1. The fourth-order valence-corrected chi connectivity index (χ4v) is 2.17. The van der Waals surface area contributed by atoms with Crippen molar-refractivity contribution in [1.82, 2.24) is 4.90 Å². The quantitative estimate of drug-likeness (QED) is 0.742. The van der Waals surface area contributed by atoms with Gasteiger partial charge in [-0.05, 0) is 11.8 Å². The monoisotopic (exact) mass is 233 g/mol. The van der Waals surface area contributed by atoms with Gasteiger partial charge in [0, 0.05) is 18.8 Å². The van der Waals surface area contributed by atoms with Crippen LogP contribution in [0.3, 0.4) is 0 Å². The van der Waals surface area contributed by atoms with Crippen LogP contribution in [0.25, 0.3) is 0 Å². The molecule has 1 aliphatic heterocycles. The summed E-state index contributed by atoms with van der Waals surface area (Å²) in [4.78, 5) is 24.1. The van der Waals surface area contributed by atoms with E-state index in [-0.39, 0.29) is 17.7 Å². The molecular formula is C10H16ClNO3. The molecule has 0 bridgehead atoms. The minimum Gasteiger partial charge on any atom is -0.480 e. The van der Waals surface area contributed by atoms with E-state index in [2.05, 4.69) is 0 Å². The first-order chi connectivity index (χ1) is 6.97. The van der Waals surface area contributed by atoms with Crippen molar-refractivity contribution in [1.29, 1.82) is 0 Å². The molecule has 0 saturated carbocycles. The number of amides is 1. The molecule has 86 valence electrons. The summed E-state index contributed by atoms with van der Waals surface area (Å²) in [6.45, 7) is 4.08. The lowest BCUT2D eigenvalue weighted by molar-refractivity contribution is -0.150. The summed E-state index contributed by atoms with van der Waals surface area (Å²) in [5.74, 6) is -0.609. The maximum atomic E-state index is 11.6. The van der Waals surface area contributed by atoms with Gasteiger partial charge in [-0.2, -0.15) is 0 Å². The van der Waals surface area contributed by atoms with E-state index < -0.39 is 12.0 Å². The Hall–Kier alpha value is -0.770. The number of halogens is 1. The summed E-state index contributed by atoms with van der Waals surface area (Å²) in [6, 6.07) is -0.717. The van der Waals surface area contributed by atoms with Gasteiger partial charge < -0.3 is 10.0 Å². The highest BCUT2D eigenvalue weighted by molar-refractivity contribution is 6.18. The molecule has 1 fully saturated rings. The third-order valence-electron chi connectivity index (χ3n) is 2.68. The van der Waals surface area contributed by atoms with Crippen molar-refractivity contribution >= 4 is 23.5 Å². The van der Waals surface area contributed by atoms with Crippen molar-refractivity contribution in [2.24, 2.45) is 11.8 Å². The average molecular weight is 234 g/mol. The minimum atomic E-state index is -0.937. The predicted octanol–water partition coefficient (Wildman–Crippen LogP) is 1.18. The second-order valence-electron chi connectivity index (χ2n) is 4.30. The lowest BCUT2D eigenvalue weighted by Crippen LogP contribution is -2.45. The number of nitrogens with zero attached hydrogens (tertiary/aromatic N) is 1. The lowest BCUT2D eigenvalue weighted by Gasteiger charge is -2.27. The molecule has 4 nitrogen and oxygen atoms in total. The maximum absolute atomic E-state index is 11.6. The third-order valence-corrected chi connectivity index (χ3v) is 3.11. The molecule has 5 heteroatoms. The SMILES string of the molecule is CC(C)C(C(=O)O)N1CC(CCl)CC1=O. The number of aliphatic carboxylic acids is 1. The molecule has 1 amide bonds. The van der Waals surface area contributed by atoms with Crippen LogP contribution in [0.2, 0.25) is 0 Å². The Morgan fingerprint density at radius 1 is 1.67 bits per heavy atom. The van der Waals surface area contributed by atoms with Gasteiger partial charge in [-0.15, -0.1) is 11.6 Å². The highest BCUT2D eigenvalue weighted by atomic mass is 35.5. The van der Waals surface area contributed by atoms with E-state index in [9.17, 15) is 9.59 Å². The van der Waals surface area contributed by atoms with Gasteiger partial charge in [0.05, 0.1) is 0 Å². The minimum absolute atomic E-state index is 0.0828. The maximum Gasteiger partial charge on any atom is 0.326 e. The lowest BCUT2D eigenvalue weighted by atomic mass is 10.0. The van der Waals surface area contributed by atoms with Gasteiger partial charge in [-0.3, -0.25) is 4.79 Å². The largest absolute Gasteiger partial charge is 0.480 e. The number of likely N-dealkylation sites (tertiary alicyclic amines) is 1. The molecular weight excluding hydrogens is 218 g/mol. The van der Waals surface area contributed by atoms with Crippen LogP contribution in [0.15, 0.2) is 0 Å². The van der Waals surface area contributed by atoms with E-state index in [0.29, 0.717) is 18.8 Å². The Morgan fingerprint density at radius 2 is 2.27 bits per heavy atom. The van der Waals surface area contributed by atoms with Gasteiger partial charge in [0.25, 0.3) is 0 Å². The van der Waals surface area contributed by atoms with Crippen molar-refractivity contribution in [3.05, 3.63) is 0 Å². The molecule has 1 rings (SSSR count). The number of rotatable bonds is 4. The highest BCUT2D eigenvalue weighted by Crippen LogP contribution is 2.24. The molecule has 1 N–H and O–H groups in total. The number of hydrogen-bond acceptors (Lipinski definition) is 2. The fraction of sp³-hybridized carbons (Fsp3) is 0.800. The summed E-state index contributed by atoms with van der Waals surface area (Å²) in [5.41, 5.74) is 0. The highest BCUT2D eigenvalue weighted by Gasteiger charge is 2.38. The molecule has 0 radical (unpaired) electrons. The average Bonchev–Trinajstić information content (AvgIpc) is 2.46. The molecule has 1 saturated heterocycles. The molecule has 2 atom stereocenters. The van der Waals surface area contributed by atoms with E-state index in [1.807, 2.05) is 0 Å². The van der Waals surface area contributed by atoms with Gasteiger partial charge in [-0.25, -0.2) is 4.79 Å². The van der Waals surface area contributed by atoms with Crippen molar-refractivity contribution < 1.29 is 14.7 Å². The summed E-state index contributed by atoms with van der Waals surface area (Å²) in [7, 11) is 0. The van der Waals surface area contributed by atoms with E-state index in [0.717, 1.165) is 0 Å². The zero-order chi connectivity index (χ0) is 11.6. The van der Waals surface area contributed by atoms with E-state index in [4.69, 9.17) is 16.7 Å². The van der Waals surface area contributed by atoms with E-state index >= 15 is 0 Å². The third kappa shape index (κ3) is 2.62. The Kier molecular flexibility index (Phi) is 3.97. The number of carboxylic acid groups (broad SMARTS) is 1. The first kappa shape index (κ1) is 12.3. The second kappa shape index (κ2) is 4.84. The Labute approximate surface area is 94.2 Å². The Balaban J connectivity index is 2.77. The number of carboxylic acids is 1. The second-order valence-corrected chi connectivity index (χ2v) is 4.61. The molecule has 1 heterocycles. The van der Waals surface area contributed by atoms with Gasteiger partial charge in [-0.1, -0.05) is 13.8 Å². The van der Waals surface area contributed by atoms with Crippen molar-refractivity contribution in [2.75, 3.05) is 12.4 Å². The molecule has 15 heavy (non-hydrogen) atoms. The standard InChI is InChI=1S/C10H16ClNO3/c1-6(2)9(10(14)15)12-5-7(4-11)3-8(12)13/h6-7,9H,3-5H2,1-2H3,(H,14,15). The van der Waals surface area contributed by atoms with Crippen LogP contribution in [0, 0.1) is 11.8 Å². The summed E-state index contributed by atoms with van der Waals surface area (Å²) in [6.07, 6.45) is 0.375. The Morgan fingerprint density at radius 3 is 2.60 bits per heavy atom. The first-order valence-corrected chi connectivity index (χ1v) is 5.59. The first-order valence-electron chi connectivity index (χ1n) is 5.05. The number of hydrogen-bond donors (Lipinski definition) is 1. The number of carbonyl (C=O) groups excluding carboxylic acids is 1. The summed E-state index contributed by atoms with van der Waals surface area (Å²) < 4.78 is 0. The smallest absolute Gasteiger partial charge is 0.326 e. The fourth-order valence-electron chi connectivity index (χ4n) is 1.96. The molecule has 0 aromatic rings. The van der Waals surface area contributed by atoms with Crippen LogP contribution in [0.1, 0.15) is 20.3 Å². The van der Waals surface area contributed by atoms with Gasteiger partial charge in [0.15, 0.2) is 0 Å². The van der Waals surface area contributed by atoms with Crippen LogP contribution in [0.4, 0.5) is 0 Å². The molecule has 0 aromatic heterocycles. The summed E-state index contributed by atoms with van der Waals surface area (Å²) >= 11 is 5.68. The normalized spacial score (nSPS) is 23.6. The molecule has 2 unspecified atom stereocenters. The van der Waals surface area contributed by atoms with E-state index in [1.165, 1.54) is 4.90 Å². The van der Waals surface area contributed by atoms with Crippen molar-refractivity contribution in [3.63, 3.8) is 0 Å². The van der Waals surface area contributed by atoms with Crippen LogP contribution in [-0.4, -0.2) is 40.3 Å². The van der Waals surface area contributed by atoms with Crippen LogP contribution in [-0.2, 0) is 9.59 Å². The molecule has 0 aromatic carbocycles. The van der Waals surface area contributed by atoms with Crippen LogP contribution in [0.5, 0.6) is 0 Å².